The van der Waals surface area contributed by atoms with Crippen LogP contribution in [0.3, 0.4) is 0 Å². The third kappa shape index (κ3) is 3.74. The van der Waals surface area contributed by atoms with Gasteiger partial charge in [-0.3, -0.25) is 9.69 Å². The Morgan fingerprint density at radius 1 is 1.20 bits per heavy atom. The van der Waals surface area contributed by atoms with Gasteiger partial charge in [-0.1, -0.05) is 58.5 Å². The second kappa shape index (κ2) is 8.01. The van der Waals surface area contributed by atoms with Gasteiger partial charge in [0.25, 0.3) is 5.91 Å². The molecular formula is C23H21N3O3S. The molecule has 6 nitrogen and oxygen atoms in total. The van der Waals surface area contributed by atoms with Gasteiger partial charge in [-0.05, 0) is 31.9 Å². The molecule has 30 heavy (non-hydrogen) atoms. The predicted molar refractivity (Wildman–Crippen MR) is 117 cm³/mol. The molecule has 1 unspecified atom stereocenters. The fourth-order valence-electron chi connectivity index (χ4n) is 3.58. The Kier molecular flexibility index (Phi) is 5.06. The van der Waals surface area contributed by atoms with E-state index in [9.17, 15) is 4.79 Å². The fourth-order valence-corrected chi connectivity index (χ4v) is 4.56. The van der Waals surface area contributed by atoms with Gasteiger partial charge in [-0.25, -0.2) is 4.98 Å². The highest BCUT2D eigenvalue weighted by Gasteiger charge is 2.29. The number of thiazole rings is 1. The molecule has 1 aliphatic rings. The van der Waals surface area contributed by atoms with Crippen LogP contribution in [0.5, 0.6) is 0 Å². The maximum absolute atomic E-state index is 13.4. The van der Waals surface area contributed by atoms with Crippen molar-refractivity contribution in [3.63, 3.8) is 0 Å². The Morgan fingerprint density at radius 2 is 2.03 bits per heavy atom. The van der Waals surface area contributed by atoms with Crippen molar-refractivity contribution in [1.82, 2.24) is 10.1 Å². The van der Waals surface area contributed by atoms with Crippen LogP contribution in [0.15, 0.2) is 59.1 Å². The molecule has 7 heteroatoms. The number of ether oxygens (including phenoxy) is 1. The number of aryl methyl sites for hydroxylation is 1. The second-order valence-corrected chi connectivity index (χ2v) is 8.47. The summed E-state index contributed by atoms with van der Waals surface area (Å²) < 4.78 is 12.3. The number of carbonyl (C=O) groups excluding carboxylic acids is 1. The van der Waals surface area contributed by atoms with Crippen molar-refractivity contribution in [2.45, 2.75) is 25.9 Å². The van der Waals surface area contributed by atoms with E-state index >= 15 is 0 Å². The number of hydrogen-bond donors (Lipinski definition) is 0. The van der Waals surface area contributed by atoms with Gasteiger partial charge in [0, 0.05) is 18.2 Å². The summed E-state index contributed by atoms with van der Waals surface area (Å²) in [6.45, 7) is 3.20. The largest absolute Gasteiger partial charge is 0.376 e. The lowest BCUT2D eigenvalue weighted by Crippen LogP contribution is -2.37. The molecule has 0 spiro atoms. The van der Waals surface area contributed by atoms with Crippen molar-refractivity contribution in [2.75, 3.05) is 18.1 Å². The maximum atomic E-state index is 13.4. The molecule has 1 aliphatic heterocycles. The number of para-hydroxylation sites is 1. The molecule has 152 valence electrons. The van der Waals surface area contributed by atoms with E-state index in [1.807, 2.05) is 55.5 Å². The van der Waals surface area contributed by atoms with Crippen molar-refractivity contribution in [2.24, 2.45) is 0 Å². The molecule has 2 aromatic heterocycles. The first-order valence-electron chi connectivity index (χ1n) is 10.0. The Labute approximate surface area is 178 Å². The summed E-state index contributed by atoms with van der Waals surface area (Å²) in [6, 6.07) is 17.5. The molecule has 4 aromatic rings. The van der Waals surface area contributed by atoms with Gasteiger partial charge in [0.2, 0.25) is 5.76 Å². The third-order valence-electron chi connectivity index (χ3n) is 5.24. The van der Waals surface area contributed by atoms with Crippen molar-refractivity contribution in [3.05, 3.63) is 65.9 Å². The van der Waals surface area contributed by atoms with Gasteiger partial charge >= 0.3 is 0 Å². The number of rotatable bonds is 5. The number of benzene rings is 2. The average Bonchev–Trinajstić information content (AvgIpc) is 3.52. The van der Waals surface area contributed by atoms with E-state index < -0.39 is 0 Å². The molecule has 0 radical (unpaired) electrons. The van der Waals surface area contributed by atoms with Crippen LogP contribution in [0.2, 0.25) is 0 Å². The average molecular weight is 420 g/mol. The highest BCUT2D eigenvalue weighted by Crippen LogP contribution is 2.31. The zero-order valence-corrected chi connectivity index (χ0v) is 17.4. The van der Waals surface area contributed by atoms with Crippen LogP contribution in [0.4, 0.5) is 5.13 Å². The minimum absolute atomic E-state index is 0.000419. The Balaban J connectivity index is 1.47. The third-order valence-corrected chi connectivity index (χ3v) is 6.30. The number of aromatic nitrogens is 2. The van der Waals surface area contributed by atoms with Gasteiger partial charge in [0.1, 0.15) is 5.69 Å². The van der Waals surface area contributed by atoms with Gasteiger partial charge in [0.05, 0.1) is 22.9 Å². The first kappa shape index (κ1) is 19.0. The molecule has 2 aromatic carbocycles. The summed E-state index contributed by atoms with van der Waals surface area (Å²) >= 11 is 1.49. The molecule has 0 aliphatic carbocycles. The second-order valence-electron chi connectivity index (χ2n) is 7.46. The van der Waals surface area contributed by atoms with Gasteiger partial charge in [-0.2, -0.15) is 0 Å². The predicted octanol–water partition coefficient (Wildman–Crippen LogP) is 5.09. The molecular weight excluding hydrogens is 398 g/mol. The quantitative estimate of drug-likeness (QED) is 0.451. The normalized spacial score (nSPS) is 16.2. The topological polar surface area (TPSA) is 68.5 Å². The van der Waals surface area contributed by atoms with E-state index in [-0.39, 0.29) is 17.8 Å². The van der Waals surface area contributed by atoms with E-state index in [1.165, 1.54) is 11.3 Å². The van der Waals surface area contributed by atoms with Gasteiger partial charge in [-0.15, -0.1) is 0 Å². The van der Waals surface area contributed by atoms with Crippen LogP contribution in [0, 0.1) is 6.92 Å². The smallest absolute Gasteiger partial charge is 0.298 e. The number of nitrogens with zero attached hydrogens (tertiary/aromatic N) is 3. The standard InChI is InChI=1S/C23H21N3O3S/c1-15-8-10-16(11-9-15)19-13-20(29-25-19)22(27)26(14-17-5-4-12-28-17)23-24-18-6-2-3-7-21(18)30-23/h2-3,6-11,13,17H,4-5,12,14H2,1H3. The minimum Gasteiger partial charge on any atom is -0.376 e. The van der Waals surface area contributed by atoms with E-state index in [0.29, 0.717) is 17.4 Å². The van der Waals surface area contributed by atoms with Gasteiger partial charge < -0.3 is 9.26 Å². The van der Waals surface area contributed by atoms with Crippen LogP contribution in [0.25, 0.3) is 21.5 Å². The Bertz CT molecular complexity index is 1140. The Hall–Kier alpha value is -3.03. The van der Waals surface area contributed by atoms with Crippen LogP contribution in [-0.2, 0) is 4.74 Å². The molecule has 0 bridgehead atoms. The highest BCUT2D eigenvalue weighted by molar-refractivity contribution is 7.22. The lowest BCUT2D eigenvalue weighted by molar-refractivity contribution is 0.0887. The number of amides is 1. The zero-order chi connectivity index (χ0) is 20.5. The Morgan fingerprint density at radius 3 is 2.80 bits per heavy atom. The summed E-state index contributed by atoms with van der Waals surface area (Å²) in [5, 5.41) is 4.76. The first-order chi connectivity index (χ1) is 14.7. The van der Waals surface area contributed by atoms with Crippen molar-refractivity contribution in [1.29, 1.82) is 0 Å². The van der Waals surface area contributed by atoms with E-state index in [1.54, 1.807) is 11.0 Å². The van der Waals surface area contributed by atoms with Crippen LogP contribution in [0.1, 0.15) is 29.0 Å². The first-order valence-corrected chi connectivity index (χ1v) is 10.8. The molecule has 0 N–H and O–H groups in total. The summed E-state index contributed by atoms with van der Waals surface area (Å²) in [6.07, 6.45) is 1.94. The molecule has 1 fully saturated rings. The molecule has 0 saturated carbocycles. The van der Waals surface area contributed by atoms with Crippen molar-refractivity contribution in [3.8, 4) is 11.3 Å². The lowest BCUT2D eigenvalue weighted by atomic mass is 10.1. The van der Waals surface area contributed by atoms with Gasteiger partial charge in [0.15, 0.2) is 5.13 Å². The maximum Gasteiger partial charge on any atom is 0.298 e. The minimum atomic E-state index is -0.254. The molecule has 3 heterocycles. The highest BCUT2D eigenvalue weighted by atomic mass is 32.1. The van der Waals surface area contributed by atoms with Crippen molar-refractivity contribution >= 4 is 32.6 Å². The summed E-state index contributed by atoms with van der Waals surface area (Å²) in [7, 11) is 0. The molecule has 5 rings (SSSR count). The summed E-state index contributed by atoms with van der Waals surface area (Å²) in [4.78, 5) is 19.8. The zero-order valence-electron chi connectivity index (χ0n) is 16.6. The molecule has 1 saturated heterocycles. The van der Waals surface area contributed by atoms with Crippen LogP contribution >= 0.6 is 11.3 Å². The number of anilines is 1. The molecule has 1 amide bonds. The SMILES string of the molecule is Cc1ccc(-c2cc(C(=O)N(CC3CCCO3)c3nc4ccccc4s3)on2)cc1. The number of fused-ring (bicyclic) bond motifs is 1. The number of hydrogen-bond acceptors (Lipinski definition) is 6. The summed E-state index contributed by atoms with van der Waals surface area (Å²) in [5.41, 5.74) is 3.59. The van der Waals surface area contributed by atoms with E-state index in [2.05, 4.69) is 10.1 Å². The number of carbonyl (C=O) groups is 1. The van der Waals surface area contributed by atoms with Crippen LogP contribution < -0.4 is 4.90 Å². The summed E-state index contributed by atoms with van der Waals surface area (Å²) in [5.74, 6) is -0.0572. The molecule has 1 atom stereocenters. The van der Waals surface area contributed by atoms with E-state index in [0.717, 1.165) is 40.8 Å². The lowest BCUT2D eigenvalue weighted by Gasteiger charge is -2.21. The monoisotopic (exact) mass is 419 g/mol. The van der Waals surface area contributed by atoms with E-state index in [4.69, 9.17) is 9.26 Å². The fraction of sp³-hybridized carbons (Fsp3) is 0.261. The van der Waals surface area contributed by atoms with Crippen molar-refractivity contribution < 1.29 is 14.1 Å². The van der Waals surface area contributed by atoms with Crippen LogP contribution in [-0.4, -0.2) is 35.3 Å².